The maximum atomic E-state index is 11.3. The van der Waals surface area contributed by atoms with Crippen LogP contribution in [0.1, 0.15) is 29.9 Å². The van der Waals surface area contributed by atoms with Gasteiger partial charge in [0.05, 0.1) is 6.10 Å². The number of aryl methyl sites for hydroxylation is 2. The van der Waals surface area contributed by atoms with Gasteiger partial charge >= 0.3 is 5.97 Å². The molecule has 1 aromatic rings. The highest BCUT2D eigenvalue weighted by atomic mass is 16.4. The zero-order valence-corrected chi connectivity index (χ0v) is 8.78. The van der Waals surface area contributed by atoms with Crippen LogP contribution in [0.25, 0.3) is 0 Å². The van der Waals surface area contributed by atoms with Crippen molar-refractivity contribution in [2.24, 2.45) is 0 Å². The number of hydrogen-bond donors (Lipinski definition) is 2. The van der Waals surface area contributed by atoms with E-state index in [1.807, 2.05) is 0 Å². The highest BCUT2D eigenvalue weighted by Crippen LogP contribution is 2.46. The Labute approximate surface area is 87.5 Å². The summed E-state index contributed by atoms with van der Waals surface area (Å²) in [6.45, 7) is 3.55. The predicted octanol–water partition coefficient (Wildman–Crippen LogP) is 1.37. The van der Waals surface area contributed by atoms with Crippen LogP contribution in [-0.4, -0.2) is 22.3 Å². The van der Waals surface area contributed by atoms with Crippen LogP contribution in [-0.2, 0) is 10.2 Å². The Hall–Kier alpha value is -1.29. The first-order valence-electron chi connectivity index (χ1n) is 4.95. The average Bonchev–Trinajstić information content (AvgIpc) is 2.39. The van der Waals surface area contributed by atoms with Gasteiger partial charge < -0.3 is 14.6 Å². The van der Waals surface area contributed by atoms with Crippen molar-refractivity contribution in [1.82, 2.24) is 0 Å². The van der Waals surface area contributed by atoms with Crippen molar-refractivity contribution < 1.29 is 19.4 Å². The number of aliphatic hydroxyl groups is 1. The Morgan fingerprint density at radius 3 is 2.47 bits per heavy atom. The maximum absolute atomic E-state index is 11.3. The number of aliphatic carboxylic acids is 1. The monoisotopic (exact) mass is 210 g/mol. The van der Waals surface area contributed by atoms with E-state index in [0.717, 1.165) is 0 Å². The second-order valence-electron chi connectivity index (χ2n) is 4.28. The third-order valence-electron chi connectivity index (χ3n) is 3.13. The standard InChI is InChI=1S/C11H14O4/c1-6-3-9(7(2)15-6)11(10(13)14)4-8(12)5-11/h3,8,12H,4-5H2,1-2H3,(H,13,14). The molecular formula is C11H14O4. The van der Waals surface area contributed by atoms with Gasteiger partial charge in [0, 0.05) is 5.56 Å². The van der Waals surface area contributed by atoms with Gasteiger partial charge in [0.1, 0.15) is 16.9 Å². The number of carboxylic acid groups (broad SMARTS) is 1. The summed E-state index contributed by atoms with van der Waals surface area (Å²) in [5, 5.41) is 18.5. The number of carbonyl (C=O) groups is 1. The summed E-state index contributed by atoms with van der Waals surface area (Å²) in [4.78, 5) is 11.3. The Kier molecular flexibility index (Phi) is 2.12. The number of rotatable bonds is 2. The molecular weight excluding hydrogens is 196 g/mol. The molecule has 1 fully saturated rings. The molecule has 0 bridgehead atoms. The summed E-state index contributed by atoms with van der Waals surface area (Å²) in [7, 11) is 0. The zero-order chi connectivity index (χ0) is 11.2. The lowest BCUT2D eigenvalue weighted by molar-refractivity contribution is -0.153. The van der Waals surface area contributed by atoms with Gasteiger partial charge in [-0.05, 0) is 32.8 Å². The van der Waals surface area contributed by atoms with Crippen LogP contribution < -0.4 is 0 Å². The highest BCUT2D eigenvalue weighted by molar-refractivity contribution is 5.83. The first-order chi connectivity index (χ1) is 6.95. The molecule has 2 N–H and O–H groups in total. The summed E-state index contributed by atoms with van der Waals surface area (Å²) >= 11 is 0. The van der Waals surface area contributed by atoms with Crippen molar-refractivity contribution in [3.63, 3.8) is 0 Å². The molecule has 1 heterocycles. The molecule has 1 aliphatic carbocycles. The summed E-state index contributed by atoms with van der Waals surface area (Å²) in [5.74, 6) is 0.475. The summed E-state index contributed by atoms with van der Waals surface area (Å²) in [5.41, 5.74) is -0.223. The van der Waals surface area contributed by atoms with E-state index < -0.39 is 17.5 Å². The molecule has 0 saturated heterocycles. The van der Waals surface area contributed by atoms with Crippen molar-refractivity contribution in [3.05, 3.63) is 23.2 Å². The Morgan fingerprint density at radius 1 is 1.53 bits per heavy atom. The van der Waals surface area contributed by atoms with Gasteiger partial charge in [0.2, 0.25) is 0 Å². The smallest absolute Gasteiger partial charge is 0.314 e. The lowest BCUT2D eigenvalue weighted by Crippen LogP contribution is -2.50. The van der Waals surface area contributed by atoms with Crippen LogP contribution in [0, 0.1) is 13.8 Å². The van der Waals surface area contributed by atoms with E-state index in [2.05, 4.69) is 0 Å². The van der Waals surface area contributed by atoms with Gasteiger partial charge in [0.25, 0.3) is 0 Å². The molecule has 1 saturated carbocycles. The minimum absolute atomic E-state index is 0.280. The van der Waals surface area contributed by atoms with Gasteiger partial charge in [-0.1, -0.05) is 0 Å². The van der Waals surface area contributed by atoms with Crippen molar-refractivity contribution in [3.8, 4) is 0 Å². The molecule has 4 nitrogen and oxygen atoms in total. The predicted molar refractivity (Wildman–Crippen MR) is 52.7 cm³/mol. The molecule has 4 heteroatoms. The van der Waals surface area contributed by atoms with Crippen molar-refractivity contribution in [2.75, 3.05) is 0 Å². The fourth-order valence-corrected chi connectivity index (χ4v) is 2.36. The van der Waals surface area contributed by atoms with Crippen LogP contribution in [0.5, 0.6) is 0 Å². The first-order valence-corrected chi connectivity index (χ1v) is 4.95. The van der Waals surface area contributed by atoms with Crippen molar-refractivity contribution in [1.29, 1.82) is 0 Å². The molecule has 0 unspecified atom stereocenters. The molecule has 0 spiro atoms. The number of furan rings is 1. The fraction of sp³-hybridized carbons (Fsp3) is 0.545. The number of aliphatic hydroxyl groups excluding tert-OH is 1. The Bertz CT molecular complexity index is 399. The van der Waals surface area contributed by atoms with Gasteiger partial charge in [-0.25, -0.2) is 0 Å². The lowest BCUT2D eigenvalue weighted by atomic mass is 9.62. The molecule has 0 atom stereocenters. The highest BCUT2D eigenvalue weighted by Gasteiger charge is 2.52. The molecule has 0 aromatic carbocycles. The lowest BCUT2D eigenvalue weighted by Gasteiger charge is -2.41. The first kappa shape index (κ1) is 10.2. The maximum Gasteiger partial charge on any atom is 0.314 e. The van der Waals surface area contributed by atoms with Crippen LogP contribution >= 0.6 is 0 Å². The van der Waals surface area contributed by atoms with Crippen LogP contribution in [0.3, 0.4) is 0 Å². The normalized spacial score (nSPS) is 29.9. The van der Waals surface area contributed by atoms with Crippen LogP contribution in [0.4, 0.5) is 0 Å². The van der Waals surface area contributed by atoms with E-state index >= 15 is 0 Å². The Morgan fingerprint density at radius 2 is 2.13 bits per heavy atom. The zero-order valence-electron chi connectivity index (χ0n) is 8.78. The van der Waals surface area contributed by atoms with Gasteiger partial charge in [-0.15, -0.1) is 0 Å². The third-order valence-corrected chi connectivity index (χ3v) is 3.13. The van der Waals surface area contributed by atoms with Crippen LogP contribution in [0.15, 0.2) is 10.5 Å². The topological polar surface area (TPSA) is 70.7 Å². The van der Waals surface area contributed by atoms with Crippen molar-refractivity contribution >= 4 is 5.97 Å². The molecule has 15 heavy (non-hydrogen) atoms. The minimum atomic E-state index is -0.929. The second kappa shape index (κ2) is 3.10. The van der Waals surface area contributed by atoms with E-state index in [1.165, 1.54) is 0 Å². The van der Waals surface area contributed by atoms with Crippen molar-refractivity contribution in [2.45, 2.75) is 38.2 Å². The average molecular weight is 210 g/mol. The largest absolute Gasteiger partial charge is 0.481 e. The van der Waals surface area contributed by atoms with Crippen LogP contribution in [0.2, 0.25) is 0 Å². The van der Waals surface area contributed by atoms with E-state index in [1.54, 1.807) is 19.9 Å². The molecule has 82 valence electrons. The van der Waals surface area contributed by atoms with Gasteiger partial charge in [-0.2, -0.15) is 0 Å². The molecule has 0 aliphatic heterocycles. The summed E-state index contributed by atoms with van der Waals surface area (Å²) in [6, 6.07) is 1.76. The molecule has 1 aromatic heterocycles. The van der Waals surface area contributed by atoms with Gasteiger partial charge in [0.15, 0.2) is 0 Å². The van der Waals surface area contributed by atoms with E-state index in [4.69, 9.17) is 4.42 Å². The molecule has 2 rings (SSSR count). The van der Waals surface area contributed by atoms with Gasteiger partial charge in [-0.3, -0.25) is 4.79 Å². The third kappa shape index (κ3) is 1.36. The SMILES string of the molecule is Cc1cc(C2(C(=O)O)CC(O)C2)c(C)o1. The molecule has 1 aliphatic rings. The molecule has 0 radical (unpaired) electrons. The summed E-state index contributed by atoms with van der Waals surface area (Å²) < 4.78 is 5.34. The van der Waals surface area contributed by atoms with E-state index in [0.29, 0.717) is 17.1 Å². The summed E-state index contributed by atoms with van der Waals surface area (Å²) in [6.07, 6.45) is 0.0558. The van der Waals surface area contributed by atoms with E-state index in [-0.39, 0.29) is 12.8 Å². The van der Waals surface area contributed by atoms with E-state index in [9.17, 15) is 15.0 Å². The quantitative estimate of drug-likeness (QED) is 0.773. The minimum Gasteiger partial charge on any atom is -0.481 e. The number of carboxylic acids is 1. The Balaban J connectivity index is 2.43. The second-order valence-corrected chi connectivity index (χ2v) is 4.28. The number of hydrogen-bond acceptors (Lipinski definition) is 3. The molecule has 0 amide bonds. The fourth-order valence-electron chi connectivity index (χ4n) is 2.36.